The molecule has 0 aliphatic rings. The summed E-state index contributed by atoms with van der Waals surface area (Å²) in [6.45, 7) is 2.12. The predicted molar refractivity (Wildman–Crippen MR) is 55.0 cm³/mol. The Kier molecular flexibility index (Phi) is 4.41. The summed E-state index contributed by atoms with van der Waals surface area (Å²) in [4.78, 5) is 0. The van der Waals surface area contributed by atoms with Crippen LogP contribution in [-0.4, -0.2) is 15.8 Å². The Morgan fingerprint density at radius 2 is 2.12 bits per heavy atom. The molecule has 0 fully saturated rings. The van der Waals surface area contributed by atoms with Gasteiger partial charge in [0, 0.05) is 24.9 Å². The zero-order valence-corrected chi connectivity index (χ0v) is 9.17. The van der Waals surface area contributed by atoms with E-state index >= 15 is 0 Å². The Morgan fingerprint density at radius 1 is 1.44 bits per heavy atom. The second-order valence-corrected chi connectivity index (χ2v) is 3.77. The van der Waals surface area contributed by atoms with Gasteiger partial charge in [0.2, 0.25) is 0 Å². The van der Waals surface area contributed by atoms with Crippen LogP contribution in [0.2, 0.25) is 0 Å². The van der Waals surface area contributed by atoms with E-state index < -0.39 is 18.7 Å². The van der Waals surface area contributed by atoms with Crippen LogP contribution in [-0.2, 0) is 6.54 Å². The molecule has 5 heteroatoms. The smallest absolute Gasteiger partial charge is 0.387 e. The van der Waals surface area contributed by atoms with Crippen molar-refractivity contribution in [3.63, 3.8) is 0 Å². The lowest BCUT2D eigenvalue weighted by atomic mass is 10.2. The molecule has 0 saturated heterocycles. The normalized spacial score (nSPS) is 14.1. The number of halogens is 3. The van der Waals surface area contributed by atoms with Gasteiger partial charge in [-0.05, 0) is 25.0 Å². The van der Waals surface area contributed by atoms with Crippen LogP contribution >= 0.6 is 0 Å². The molecule has 0 saturated carbocycles. The van der Waals surface area contributed by atoms with Crippen LogP contribution in [0.1, 0.15) is 38.0 Å². The minimum absolute atomic E-state index is 0.0433. The van der Waals surface area contributed by atoms with E-state index in [-0.39, 0.29) is 6.42 Å². The zero-order chi connectivity index (χ0) is 12.2. The Labute approximate surface area is 92.7 Å². The highest BCUT2D eigenvalue weighted by Crippen LogP contribution is 2.23. The van der Waals surface area contributed by atoms with Gasteiger partial charge >= 0.3 is 6.18 Å². The van der Waals surface area contributed by atoms with Gasteiger partial charge in [-0.25, -0.2) is 0 Å². The third kappa shape index (κ3) is 3.89. The molecule has 0 aromatic carbocycles. The van der Waals surface area contributed by atoms with Crippen LogP contribution in [0.15, 0.2) is 18.3 Å². The lowest BCUT2D eigenvalue weighted by Gasteiger charge is -2.13. The van der Waals surface area contributed by atoms with Gasteiger partial charge in [0.1, 0.15) is 0 Å². The van der Waals surface area contributed by atoms with Crippen LogP contribution in [0.5, 0.6) is 0 Å². The van der Waals surface area contributed by atoms with Crippen molar-refractivity contribution in [3.8, 4) is 0 Å². The summed E-state index contributed by atoms with van der Waals surface area (Å²) < 4.78 is 37.5. The number of aryl methyl sites for hydroxylation is 1. The highest BCUT2D eigenvalue weighted by Gasteiger charge is 2.26. The number of nitrogens with zero attached hydrogens (tertiary/aromatic N) is 1. The first-order valence-corrected chi connectivity index (χ1v) is 5.34. The van der Waals surface area contributed by atoms with Crippen LogP contribution in [0.4, 0.5) is 13.2 Å². The summed E-state index contributed by atoms with van der Waals surface area (Å²) in [5.74, 6) is 0. The van der Waals surface area contributed by atoms with Crippen molar-refractivity contribution in [1.82, 2.24) is 4.57 Å². The van der Waals surface area contributed by atoms with Crippen molar-refractivity contribution in [2.45, 2.75) is 45.0 Å². The van der Waals surface area contributed by atoms with Gasteiger partial charge in [-0.1, -0.05) is 6.92 Å². The maximum Gasteiger partial charge on any atom is 0.389 e. The summed E-state index contributed by atoms with van der Waals surface area (Å²) in [6, 6.07) is 3.48. The van der Waals surface area contributed by atoms with Crippen LogP contribution in [0.3, 0.4) is 0 Å². The van der Waals surface area contributed by atoms with E-state index in [1.54, 1.807) is 22.9 Å². The van der Waals surface area contributed by atoms with Gasteiger partial charge in [-0.2, -0.15) is 13.2 Å². The van der Waals surface area contributed by atoms with E-state index in [1.165, 1.54) is 0 Å². The summed E-state index contributed by atoms with van der Waals surface area (Å²) >= 11 is 0. The number of aliphatic hydroxyl groups is 1. The highest BCUT2D eigenvalue weighted by atomic mass is 19.4. The molecule has 16 heavy (non-hydrogen) atoms. The van der Waals surface area contributed by atoms with E-state index in [0.29, 0.717) is 18.7 Å². The van der Waals surface area contributed by atoms with Gasteiger partial charge < -0.3 is 9.67 Å². The molecule has 0 aliphatic heterocycles. The molecular formula is C11H16F3NO. The van der Waals surface area contributed by atoms with Crippen molar-refractivity contribution in [2.75, 3.05) is 0 Å². The van der Waals surface area contributed by atoms with Gasteiger partial charge in [0.05, 0.1) is 6.10 Å². The Bertz CT molecular complexity index is 319. The summed E-state index contributed by atoms with van der Waals surface area (Å²) in [5.41, 5.74) is 0.685. The molecule has 0 radical (unpaired) electrons. The summed E-state index contributed by atoms with van der Waals surface area (Å²) in [5, 5.41) is 9.62. The number of aliphatic hydroxyl groups excluding tert-OH is 1. The highest BCUT2D eigenvalue weighted by molar-refractivity contribution is 5.09. The Balaban J connectivity index is 2.51. The van der Waals surface area contributed by atoms with E-state index in [1.807, 2.05) is 6.92 Å². The zero-order valence-electron chi connectivity index (χ0n) is 9.17. The average Bonchev–Trinajstić information content (AvgIpc) is 2.63. The monoisotopic (exact) mass is 235 g/mol. The molecule has 1 atom stereocenters. The predicted octanol–water partition coefficient (Wildman–Crippen LogP) is 3.27. The van der Waals surface area contributed by atoms with Crippen molar-refractivity contribution < 1.29 is 18.3 Å². The second kappa shape index (κ2) is 5.39. The number of rotatable bonds is 5. The first-order chi connectivity index (χ1) is 7.44. The summed E-state index contributed by atoms with van der Waals surface area (Å²) in [6.07, 6.45) is -3.18. The number of aromatic nitrogens is 1. The van der Waals surface area contributed by atoms with Gasteiger partial charge in [0.15, 0.2) is 0 Å². The maximum absolute atomic E-state index is 12.0. The lowest BCUT2D eigenvalue weighted by molar-refractivity contribution is -0.135. The topological polar surface area (TPSA) is 25.2 Å². The Morgan fingerprint density at radius 3 is 2.69 bits per heavy atom. The molecular weight excluding hydrogens is 219 g/mol. The fraction of sp³-hybridized carbons (Fsp3) is 0.636. The van der Waals surface area contributed by atoms with E-state index in [2.05, 4.69) is 0 Å². The van der Waals surface area contributed by atoms with Crippen molar-refractivity contribution >= 4 is 0 Å². The van der Waals surface area contributed by atoms with Crippen LogP contribution in [0.25, 0.3) is 0 Å². The first kappa shape index (κ1) is 13.1. The number of alkyl halides is 3. The molecule has 1 aromatic rings. The lowest BCUT2D eigenvalue weighted by Crippen LogP contribution is -2.11. The average molecular weight is 235 g/mol. The van der Waals surface area contributed by atoms with Crippen molar-refractivity contribution in [3.05, 3.63) is 24.0 Å². The van der Waals surface area contributed by atoms with Crippen molar-refractivity contribution in [2.24, 2.45) is 0 Å². The van der Waals surface area contributed by atoms with E-state index in [0.717, 1.165) is 0 Å². The van der Waals surface area contributed by atoms with E-state index in [4.69, 9.17) is 0 Å². The molecule has 2 nitrogen and oxygen atoms in total. The third-order valence-corrected chi connectivity index (χ3v) is 2.45. The standard InChI is InChI=1S/C11H16F3NO/c1-2-10(16)9-5-3-7-15(9)8-4-6-11(12,13)14/h3,5,7,10,16H,2,4,6,8H2,1H3. The van der Waals surface area contributed by atoms with Crippen LogP contribution < -0.4 is 0 Å². The fourth-order valence-electron chi connectivity index (χ4n) is 1.59. The van der Waals surface area contributed by atoms with E-state index in [9.17, 15) is 18.3 Å². The molecule has 1 rings (SSSR count). The maximum atomic E-state index is 12.0. The molecule has 1 heterocycles. The van der Waals surface area contributed by atoms with Gasteiger partial charge in [-0.3, -0.25) is 0 Å². The van der Waals surface area contributed by atoms with Gasteiger partial charge in [0.25, 0.3) is 0 Å². The summed E-state index contributed by atoms with van der Waals surface area (Å²) in [7, 11) is 0. The Hall–Kier alpha value is -0.970. The number of hydrogen-bond donors (Lipinski definition) is 1. The molecule has 1 aromatic heterocycles. The molecule has 0 aliphatic carbocycles. The molecule has 92 valence electrons. The third-order valence-electron chi connectivity index (χ3n) is 2.45. The molecule has 1 unspecified atom stereocenters. The largest absolute Gasteiger partial charge is 0.389 e. The number of hydrogen-bond acceptors (Lipinski definition) is 1. The minimum atomic E-state index is -4.10. The minimum Gasteiger partial charge on any atom is -0.387 e. The first-order valence-electron chi connectivity index (χ1n) is 5.34. The van der Waals surface area contributed by atoms with Gasteiger partial charge in [-0.15, -0.1) is 0 Å². The molecule has 0 amide bonds. The molecule has 1 N–H and O–H groups in total. The van der Waals surface area contributed by atoms with Crippen LogP contribution in [0, 0.1) is 0 Å². The molecule has 0 bridgehead atoms. The SMILES string of the molecule is CCC(O)c1cccn1CCCC(F)(F)F. The quantitative estimate of drug-likeness (QED) is 0.832. The second-order valence-electron chi connectivity index (χ2n) is 3.77. The fourth-order valence-corrected chi connectivity index (χ4v) is 1.59. The van der Waals surface area contributed by atoms with Crippen molar-refractivity contribution in [1.29, 1.82) is 0 Å². The molecule has 0 spiro atoms.